The number of pyridine rings is 1. The molecule has 0 unspecified atom stereocenters. The van der Waals surface area contributed by atoms with Crippen LogP contribution in [0.1, 0.15) is 19.3 Å². The zero-order valence-electron chi connectivity index (χ0n) is 17.1. The minimum atomic E-state index is 0.290. The van der Waals surface area contributed by atoms with Gasteiger partial charge in [0.1, 0.15) is 16.7 Å². The van der Waals surface area contributed by atoms with Gasteiger partial charge in [0.05, 0.1) is 17.8 Å². The Balaban J connectivity index is 0.000000757. The lowest BCUT2D eigenvalue weighted by atomic mass is 9.78. The molecule has 0 saturated carbocycles. The lowest BCUT2D eigenvalue weighted by Gasteiger charge is -2.38. The van der Waals surface area contributed by atoms with Gasteiger partial charge >= 0.3 is 0 Å². The molecular formula is C20H28ClN7OS. The van der Waals surface area contributed by atoms with Gasteiger partial charge < -0.3 is 26.8 Å². The van der Waals surface area contributed by atoms with E-state index in [2.05, 4.69) is 38.4 Å². The highest BCUT2D eigenvalue weighted by atomic mass is 35.5. The van der Waals surface area contributed by atoms with Crippen molar-refractivity contribution >= 4 is 40.8 Å². The van der Waals surface area contributed by atoms with E-state index in [0.29, 0.717) is 21.3 Å². The molecule has 2 aliphatic rings. The number of nitrogens with two attached hydrogens (primary N) is 3. The van der Waals surface area contributed by atoms with Crippen molar-refractivity contribution in [2.24, 2.45) is 11.1 Å². The minimum Gasteiger partial charge on any atom is -0.382 e. The first-order valence-corrected chi connectivity index (χ1v) is 10.7. The molecule has 30 heavy (non-hydrogen) atoms. The van der Waals surface area contributed by atoms with Crippen molar-refractivity contribution in [1.82, 2.24) is 15.0 Å². The summed E-state index contributed by atoms with van der Waals surface area (Å²) >= 11 is 7.53. The normalized spacial score (nSPS) is 16.9. The average molecular weight is 450 g/mol. The van der Waals surface area contributed by atoms with Crippen LogP contribution in [0.2, 0.25) is 5.02 Å². The number of halogens is 1. The number of hydrogen-bond acceptors (Lipinski definition) is 9. The number of nitrogen functional groups attached to an aromatic ring is 2. The van der Waals surface area contributed by atoms with E-state index in [4.69, 9.17) is 27.8 Å². The fourth-order valence-electron chi connectivity index (χ4n) is 3.49. The molecule has 10 heteroatoms. The molecule has 0 aliphatic carbocycles. The molecule has 162 valence electrons. The van der Waals surface area contributed by atoms with Crippen molar-refractivity contribution < 1.29 is 4.74 Å². The summed E-state index contributed by atoms with van der Waals surface area (Å²) in [6.45, 7) is 3.69. The van der Waals surface area contributed by atoms with Crippen LogP contribution < -0.4 is 22.1 Å². The van der Waals surface area contributed by atoms with Gasteiger partial charge in [-0.25, -0.2) is 15.0 Å². The third-order valence-corrected chi connectivity index (χ3v) is 6.75. The number of aromatic nitrogens is 3. The molecular weight excluding hydrogens is 422 g/mol. The molecule has 2 fully saturated rings. The highest BCUT2D eigenvalue weighted by molar-refractivity contribution is 7.99. The molecule has 2 saturated heterocycles. The van der Waals surface area contributed by atoms with E-state index in [0.717, 1.165) is 49.9 Å². The van der Waals surface area contributed by atoms with Gasteiger partial charge in [-0.2, -0.15) is 0 Å². The molecule has 1 spiro atoms. The maximum Gasteiger partial charge on any atom is 0.158 e. The Bertz CT molecular complexity index is 848. The highest BCUT2D eigenvalue weighted by Crippen LogP contribution is 2.40. The van der Waals surface area contributed by atoms with Crippen molar-refractivity contribution in [3.05, 3.63) is 23.5 Å². The van der Waals surface area contributed by atoms with Gasteiger partial charge in [0.25, 0.3) is 0 Å². The standard InChI is InChI=1S/C17H21ClN6OS.C2H2.CH5N/c18-13-11(1-5-21-14(13)19)26-16-15(20)23-12(9-22-16)24-6-2-17(3-7-24)4-8-25-10-17;2*1-2/h1,5,9H,2-4,6-8,10H2,(H2,19,21)(H2,20,23);1-2H;2H2,1H3. The van der Waals surface area contributed by atoms with Crippen LogP contribution in [0, 0.1) is 18.3 Å². The number of piperidine rings is 1. The molecule has 6 N–H and O–H groups in total. The highest BCUT2D eigenvalue weighted by Gasteiger charge is 2.38. The Morgan fingerprint density at radius 2 is 1.83 bits per heavy atom. The third kappa shape index (κ3) is 5.46. The summed E-state index contributed by atoms with van der Waals surface area (Å²) in [4.78, 5) is 16.0. The van der Waals surface area contributed by atoms with Gasteiger partial charge in [-0.05, 0) is 37.8 Å². The number of ether oxygens (including phenoxy) is 1. The number of nitrogens with zero attached hydrogens (tertiary/aromatic N) is 4. The Labute approximate surface area is 186 Å². The average Bonchev–Trinajstić information content (AvgIpc) is 3.24. The van der Waals surface area contributed by atoms with Crippen LogP contribution in [0.25, 0.3) is 0 Å². The Morgan fingerprint density at radius 1 is 1.13 bits per heavy atom. The van der Waals surface area contributed by atoms with Crippen LogP contribution in [0.4, 0.5) is 17.5 Å². The number of anilines is 3. The minimum absolute atomic E-state index is 0.290. The van der Waals surface area contributed by atoms with Crippen LogP contribution in [0.3, 0.4) is 0 Å². The van der Waals surface area contributed by atoms with Crippen molar-refractivity contribution in [2.45, 2.75) is 29.2 Å². The molecule has 4 heterocycles. The van der Waals surface area contributed by atoms with E-state index in [9.17, 15) is 0 Å². The lowest BCUT2D eigenvalue weighted by Crippen LogP contribution is -2.41. The van der Waals surface area contributed by atoms with E-state index in [1.807, 2.05) is 0 Å². The lowest BCUT2D eigenvalue weighted by molar-refractivity contribution is 0.133. The van der Waals surface area contributed by atoms with E-state index >= 15 is 0 Å². The second kappa shape index (κ2) is 11.2. The zero-order valence-corrected chi connectivity index (χ0v) is 18.6. The van der Waals surface area contributed by atoms with Gasteiger partial charge in [0.15, 0.2) is 5.82 Å². The summed E-state index contributed by atoms with van der Waals surface area (Å²) in [6, 6.07) is 1.78. The van der Waals surface area contributed by atoms with Crippen molar-refractivity contribution in [1.29, 1.82) is 0 Å². The molecule has 0 atom stereocenters. The van der Waals surface area contributed by atoms with Crippen LogP contribution in [-0.2, 0) is 4.74 Å². The zero-order chi connectivity index (χ0) is 22.1. The summed E-state index contributed by atoms with van der Waals surface area (Å²) in [7, 11) is 1.50. The van der Waals surface area contributed by atoms with Crippen LogP contribution in [0.15, 0.2) is 28.4 Å². The summed E-state index contributed by atoms with van der Waals surface area (Å²) in [5.74, 6) is 1.50. The monoisotopic (exact) mass is 449 g/mol. The van der Waals surface area contributed by atoms with Gasteiger partial charge in [0.2, 0.25) is 0 Å². The van der Waals surface area contributed by atoms with Crippen LogP contribution in [0.5, 0.6) is 0 Å². The SMILES string of the molecule is C#C.CN.Nc1nc(N2CCC3(CCOC3)CC2)cnc1Sc1ccnc(N)c1Cl. The fraction of sp³-hybridized carbons (Fsp3) is 0.450. The summed E-state index contributed by atoms with van der Waals surface area (Å²) in [6.07, 6.45) is 14.8. The number of hydrogen-bond donors (Lipinski definition) is 3. The van der Waals surface area contributed by atoms with Gasteiger partial charge in [-0.3, -0.25) is 0 Å². The first kappa shape index (κ1) is 24.0. The number of terminal acetylenes is 1. The van der Waals surface area contributed by atoms with Gasteiger partial charge in [0, 0.05) is 30.8 Å². The van der Waals surface area contributed by atoms with E-state index in [1.165, 1.54) is 25.2 Å². The maximum absolute atomic E-state index is 6.19. The quantitative estimate of drug-likeness (QED) is 0.605. The molecule has 2 aliphatic heterocycles. The predicted molar refractivity (Wildman–Crippen MR) is 124 cm³/mol. The Morgan fingerprint density at radius 3 is 2.43 bits per heavy atom. The van der Waals surface area contributed by atoms with Crippen LogP contribution >= 0.6 is 23.4 Å². The molecule has 0 amide bonds. The third-order valence-electron chi connectivity index (χ3n) is 5.17. The molecule has 4 rings (SSSR count). The fourth-order valence-corrected chi connectivity index (χ4v) is 4.51. The van der Waals surface area contributed by atoms with Crippen molar-refractivity contribution in [3.8, 4) is 12.8 Å². The first-order chi connectivity index (χ1) is 14.6. The van der Waals surface area contributed by atoms with Crippen LogP contribution in [-0.4, -0.2) is 48.3 Å². The smallest absolute Gasteiger partial charge is 0.158 e. The van der Waals surface area contributed by atoms with E-state index < -0.39 is 0 Å². The second-order valence-electron chi connectivity index (χ2n) is 6.82. The molecule has 2 aromatic heterocycles. The van der Waals surface area contributed by atoms with Crippen molar-refractivity contribution in [2.75, 3.05) is 49.7 Å². The maximum atomic E-state index is 6.19. The Hall–Kier alpha value is -2.25. The molecule has 0 bridgehead atoms. The van der Waals surface area contributed by atoms with E-state index in [1.54, 1.807) is 18.5 Å². The van der Waals surface area contributed by atoms with E-state index in [-0.39, 0.29) is 5.82 Å². The first-order valence-electron chi connectivity index (χ1n) is 9.50. The molecule has 8 nitrogen and oxygen atoms in total. The summed E-state index contributed by atoms with van der Waals surface area (Å²) in [5, 5.41) is 1.02. The molecule has 2 aromatic rings. The largest absolute Gasteiger partial charge is 0.382 e. The summed E-state index contributed by atoms with van der Waals surface area (Å²) < 4.78 is 5.59. The number of rotatable bonds is 3. The second-order valence-corrected chi connectivity index (χ2v) is 8.23. The van der Waals surface area contributed by atoms with Crippen molar-refractivity contribution in [3.63, 3.8) is 0 Å². The molecule has 0 aromatic carbocycles. The predicted octanol–water partition coefficient (Wildman–Crippen LogP) is 2.67. The van der Waals surface area contributed by atoms with Gasteiger partial charge in [-0.1, -0.05) is 23.4 Å². The Kier molecular flexibility index (Phi) is 8.99. The molecule has 0 radical (unpaired) electrons. The topological polar surface area (TPSA) is 129 Å². The van der Waals surface area contributed by atoms with Gasteiger partial charge in [-0.15, -0.1) is 12.8 Å². The summed E-state index contributed by atoms with van der Waals surface area (Å²) in [5.41, 5.74) is 16.8.